The molecule has 0 aromatic rings. The Morgan fingerprint density at radius 2 is 1.77 bits per heavy atom. The second kappa shape index (κ2) is 3.67. The zero-order valence-corrected chi connectivity index (χ0v) is 12.3. The predicted octanol–water partition coefficient (Wildman–Crippen LogP) is 4.19. The van der Waals surface area contributed by atoms with Gasteiger partial charge in [0.2, 0.25) is 0 Å². The van der Waals surface area contributed by atoms with Crippen LogP contribution in [0.25, 0.3) is 0 Å². The summed E-state index contributed by atoms with van der Waals surface area (Å²) in [6, 6.07) is 0. The van der Waals surface area contributed by atoms with Gasteiger partial charge in [0, 0.05) is 8.96 Å². The summed E-state index contributed by atoms with van der Waals surface area (Å²) in [5, 5.41) is 11.5. The van der Waals surface area contributed by atoms with E-state index >= 15 is 0 Å². The Morgan fingerprint density at radius 3 is 2.46 bits per heavy atom. The van der Waals surface area contributed by atoms with Gasteiger partial charge in [0.05, 0.1) is 9.31 Å². The second-order valence-corrected chi connectivity index (χ2v) is 5.72. The van der Waals surface area contributed by atoms with Crippen molar-refractivity contribution < 1.29 is 0 Å². The molecule has 68 valence electrons. The lowest BCUT2D eigenvalue weighted by atomic mass is 10.1. The molecule has 13 heavy (non-hydrogen) atoms. The number of fused-ring (bicyclic) bond motifs is 1. The van der Waals surface area contributed by atoms with E-state index in [1.54, 1.807) is 0 Å². The average molecular weight is 435 g/mol. The summed E-state index contributed by atoms with van der Waals surface area (Å²) in [5.74, 6) is 0. The molecule has 0 radical (unpaired) electrons. The minimum Gasteiger partial charge on any atom is -0.131 e. The van der Waals surface area contributed by atoms with Crippen molar-refractivity contribution in [3.8, 4) is 0 Å². The third-order valence-electron chi connectivity index (χ3n) is 1.61. The van der Waals surface area contributed by atoms with Gasteiger partial charge in [0.1, 0.15) is 11.4 Å². The minimum absolute atomic E-state index is 0.0215. The van der Waals surface area contributed by atoms with Crippen LogP contribution in [0, 0.1) is 0 Å². The molecule has 0 saturated carbocycles. The molecule has 1 heterocycles. The Hall–Kier alpha value is 0.670. The number of halogens is 4. The number of nitrogens with zero attached hydrogens (tertiary/aromatic N) is 3. The molecule has 1 unspecified atom stereocenters. The van der Waals surface area contributed by atoms with Gasteiger partial charge in [-0.1, -0.05) is 31.9 Å². The first-order chi connectivity index (χ1) is 6.13. The molecule has 2 rings (SSSR count). The molecular weight excluding hydrogens is 434 g/mol. The Bertz CT molecular complexity index is 391. The summed E-state index contributed by atoms with van der Waals surface area (Å²) in [7, 11) is 0. The van der Waals surface area contributed by atoms with Crippen molar-refractivity contribution >= 4 is 69.4 Å². The highest BCUT2D eigenvalue weighted by Crippen LogP contribution is 2.43. The smallest absolute Gasteiger partial charge is 0.128 e. The van der Waals surface area contributed by atoms with E-state index in [2.05, 4.69) is 79.2 Å². The first-order valence-electron chi connectivity index (χ1n) is 3.21. The Balaban J connectivity index is 2.62. The molecule has 0 spiro atoms. The van der Waals surface area contributed by atoms with Crippen molar-refractivity contribution in [2.45, 2.75) is 4.83 Å². The maximum Gasteiger partial charge on any atom is 0.128 e. The van der Waals surface area contributed by atoms with E-state index in [4.69, 9.17) is 0 Å². The number of rotatable bonds is 0. The lowest BCUT2D eigenvalue weighted by Crippen LogP contribution is -2.19. The van der Waals surface area contributed by atoms with Crippen LogP contribution in [0.5, 0.6) is 0 Å². The molecule has 2 aliphatic rings. The van der Waals surface area contributed by atoms with Crippen molar-refractivity contribution in [1.29, 1.82) is 0 Å². The van der Waals surface area contributed by atoms with E-state index in [0.29, 0.717) is 0 Å². The molecule has 0 aromatic heterocycles. The molecular formula is C6HBr4N3. The van der Waals surface area contributed by atoms with Gasteiger partial charge in [0.25, 0.3) is 0 Å². The molecule has 1 aliphatic carbocycles. The summed E-state index contributed by atoms with van der Waals surface area (Å²) in [6.45, 7) is 0. The van der Waals surface area contributed by atoms with Gasteiger partial charge >= 0.3 is 0 Å². The standard InChI is InChI=1S/C6HBr4N3/c7-1-2(8)4(10)6-5(3(1)9)11-13-12-6/h3H. The fourth-order valence-corrected chi connectivity index (χ4v) is 3.42. The largest absolute Gasteiger partial charge is 0.131 e. The molecule has 0 aromatic carbocycles. The number of alkyl halides is 1. The van der Waals surface area contributed by atoms with E-state index in [1.807, 2.05) is 0 Å². The van der Waals surface area contributed by atoms with Crippen LogP contribution in [-0.2, 0) is 0 Å². The van der Waals surface area contributed by atoms with Crippen LogP contribution in [-0.4, -0.2) is 10.5 Å². The maximum absolute atomic E-state index is 3.93. The Morgan fingerprint density at radius 1 is 1.08 bits per heavy atom. The van der Waals surface area contributed by atoms with Crippen LogP contribution in [0.15, 0.2) is 34.6 Å². The topological polar surface area (TPSA) is 37.1 Å². The lowest BCUT2D eigenvalue weighted by molar-refractivity contribution is 1.09. The summed E-state index contributed by atoms with van der Waals surface area (Å²) in [6.07, 6.45) is 0. The zero-order valence-electron chi connectivity index (χ0n) is 5.93. The number of allylic oxidation sites excluding steroid dienone is 4. The van der Waals surface area contributed by atoms with Gasteiger partial charge in [-0.15, -0.1) is 10.2 Å². The van der Waals surface area contributed by atoms with Crippen LogP contribution >= 0.6 is 63.7 Å². The van der Waals surface area contributed by atoms with Crippen LogP contribution in [0.3, 0.4) is 0 Å². The summed E-state index contributed by atoms with van der Waals surface area (Å²) in [5.41, 5.74) is 1.60. The quantitative estimate of drug-likeness (QED) is 0.513. The summed E-state index contributed by atoms with van der Waals surface area (Å²) < 4.78 is 2.79. The summed E-state index contributed by atoms with van der Waals surface area (Å²) >= 11 is 13.8. The Kier molecular flexibility index (Phi) is 2.88. The lowest BCUT2D eigenvalue weighted by Gasteiger charge is -2.17. The van der Waals surface area contributed by atoms with E-state index in [9.17, 15) is 0 Å². The van der Waals surface area contributed by atoms with Crippen molar-refractivity contribution in [1.82, 2.24) is 0 Å². The van der Waals surface area contributed by atoms with E-state index < -0.39 is 0 Å². The highest BCUT2D eigenvalue weighted by atomic mass is 79.9. The third-order valence-corrected chi connectivity index (χ3v) is 6.63. The second-order valence-electron chi connectivity index (χ2n) is 2.36. The molecule has 0 fully saturated rings. The van der Waals surface area contributed by atoms with Gasteiger partial charge in [0.15, 0.2) is 0 Å². The highest BCUT2D eigenvalue weighted by molar-refractivity contribution is 9.17. The third kappa shape index (κ3) is 1.53. The molecule has 0 N–H and O–H groups in total. The number of hydrogen-bond donors (Lipinski definition) is 0. The van der Waals surface area contributed by atoms with Crippen LogP contribution in [0.2, 0.25) is 0 Å². The highest BCUT2D eigenvalue weighted by Gasteiger charge is 2.32. The Labute approximate surface area is 108 Å². The first kappa shape index (κ1) is 10.2. The zero-order chi connectivity index (χ0) is 9.59. The molecule has 0 saturated heterocycles. The van der Waals surface area contributed by atoms with Gasteiger partial charge < -0.3 is 0 Å². The number of hydrogen-bond acceptors (Lipinski definition) is 3. The van der Waals surface area contributed by atoms with Crippen molar-refractivity contribution in [2.24, 2.45) is 15.4 Å². The molecule has 1 atom stereocenters. The SMILES string of the molecule is BrC1=C2N=NN=C2C(Br)C(Br)=C1Br. The van der Waals surface area contributed by atoms with Crippen LogP contribution in [0.1, 0.15) is 0 Å². The van der Waals surface area contributed by atoms with Crippen molar-refractivity contribution in [3.05, 3.63) is 19.1 Å². The van der Waals surface area contributed by atoms with Gasteiger partial charge in [-0.3, -0.25) is 0 Å². The average Bonchev–Trinajstić information content (AvgIpc) is 2.59. The van der Waals surface area contributed by atoms with Crippen LogP contribution in [0.4, 0.5) is 0 Å². The van der Waals surface area contributed by atoms with Gasteiger partial charge in [-0.05, 0) is 37.1 Å². The van der Waals surface area contributed by atoms with Crippen molar-refractivity contribution in [3.63, 3.8) is 0 Å². The van der Waals surface area contributed by atoms with Crippen molar-refractivity contribution in [2.75, 3.05) is 0 Å². The molecule has 0 bridgehead atoms. The molecule has 7 heteroatoms. The van der Waals surface area contributed by atoms with E-state index in [-0.39, 0.29) is 4.83 Å². The van der Waals surface area contributed by atoms with Gasteiger partial charge in [-0.2, -0.15) is 0 Å². The van der Waals surface area contributed by atoms with E-state index in [1.165, 1.54) is 0 Å². The fraction of sp³-hybridized carbons (Fsp3) is 0.167. The summed E-state index contributed by atoms with van der Waals surface area (Å²) in [4.78, 5) is 0.0215. The first-order valence-corrected chi connectivity index (χ1v) is 6.50. The monoisotopic (exact) mass is 431 g/mol. The van der Waals surface area contributed by atoms with E-state index in [0.717, 1.165) is 24.9 Å². The molecule has 0 amide bonds. The maximum atomic E-state index is 3.93. The minimum atomic E-state index is 0.0215. The normalized spacial score (nSPS) is 26.8. The molecule has 3 nitrogen and oxygen atoms in total. The van der Waals surface area contributed by atoms with Gasteiger partial charge in [-0.25, -0.2) is 0 Å². The molecule has 1 aliphatic heterocycles. The van der Waals surface area contributed by atoms with Crippen LogP contribution < -0.4 is 0 Å². The fourth-order valence-electron chi connectivity index (χ4n) is 0.981. The predicted molar refractivity (Wildman–Crippen MR) is 65.8 cm³/mol.